The molecule has 2 aromatic rings. The Bertz CT molecular complexity index is 689. The van der Waals surface area contributed by atoms with Gasteiger partial charge in [0.05, 0.1) is 12.6 Å². The largest absolute Gasteiger partial charge is 0.573 e. The first kappa shape index (κ1) is 18.6. The quantitative estimate of drug-likeness (QED) is 0.551. The SMILES string of the molecule is NC(=NCC(O)Cc1ccccc1)Nc1ccc(OC(F)(F)F)cc1. The zero-order valence-corrected chi connectivity index (χ0v) is 13.2. The smallest absolute Gasteiger partial charge is 0.406 e. The molecule has 0 heterocycles. The van der Waals surface area contributed by atoms with Gasteiger partial charge in [-0.3, -0.25) is 4.99 Å². The number of benzene rings is 2. The van der Waals surface area contributed by atoms with E-state index >= 15 is 0 Å². The van der Waals surface area contributed by atoms with E-state index in [-0.39, 0.29) is 18.3 Å². The van der Waals surface area contributed by atoms with Crippen LogP contribution in [0.3, 0.4) is 0 Å². The van der Waals surface area contributed by atoms with Gasteiger partial charge in [-0.1, -0.05) is 30.3 Å². The monoisotopic (exact) mass is 353 g/mol. The van der Waals surface area contributed by atoms with Crippen LogP contribution in [-0.2, 0) is 6.42 Å². The highest BCUT2D eigenvalue weighted by Crippen LogP contribution is 2.23. The van der Waals surface area contributed by atoms with Gasteiger partial charge in [-0.05, 0) is 29.8 Å². The first-order chi connectivity index (χ1) is 11.8. The summed E-state index contributed by atoms with van der Waals surface area (Å²) in [7, 11) is 0. The molecule has 0 aliphatic rings. The van der Waals surface area contributed by atoms with Gasteiger partial charge in [0.2, 0.25) is 0 Å². The third kappa shape index (κ3) is 7.13. The van der Waals surface area contributed by atoms with Crippen LogP contribution in [0.1, 0.15) is 5.56 Å². The van der Waals surface area contributed by atoms with Crippen LogP contribution in [0.15, 0.2) is 59.6 Å². The van der Waals surface area contributed by atoms with Gasteiger partial charge in [0.25, 0.3) is 0 Å². The number of alkyl halides is 3. The minimum atomic E-state index is -4.73. The fourth-order valence-electron chi connectivity index (χ4n) is 2.08. The van der Waals surface area contributed by atoms with Crippen molar-refractivity contribution >= 4 is 11.6 Å². The maximum atomic E-state index is 12.1. The second kappa shape index (κ2) is 8.39. The summed E-state index contributed by atoms with van der Waals surface area (Å²) in [5, 5.41) is 12.7. The van der Waals surface area contributed by atoms with E-state index < -0.39 is 12.5 Å². The third-order valence-corrected chi connectivity index (χ3v) is 3.15. The van der Waals surface area contributed by atoms with Crippen molar-refractivity contribution in [3.05, 3.63) is 60.2 Å². The highest BCUT2D eigenvalue weighted by Gasteiger charge is 2.30. The van der Waals surface area contributed by atoms with Crippen LogP contribution in [0, 0.1) is 0 Å². The summed E-state index contributed by atoms with van der Waals surface area (Å²) in [5.74, 6) is -0.275. The van der Waals surface area contributed by atoms with Crippen LogP contribution >= 0.6 is 0 Å². The van der Waals surface area contributed by atoms with Crippen molar-refractivity contribution < 1.29 is 23.0 Å². The lowest BCUT2D eigenvalue weighted by Gasteiger charge is -2.11. The van der Waals surface area contributed by atoms with Crippen molar-refractivity contribution in [1.29, 1.82) is 0 Å². The van der Waals surface area contributed by atoms with Crippen molar-refractivity contribution in [2.24, 2.45) is 10.7 Å². The number of aliphatic hydroxyl groups excluding tert-OH is 1. The van der Waals surface area contributed by atoms with Crippen LogP contribution in [-0.4, -0.2) is 30.1 Å². The molecule has 5 nitrogen and oxygen atoms in total. The lowest BCUT2D eigenvalue weighted by Crippen LogP contribution is -2.25. The van der Waals surface area contributed by atoms with Gasteiger partial charge in [-0.2, -0.15) is 0 Å². The van der Waals surface area contributed by atoms with Gasteiger partial charge in [0.1, 0.15) is 5.75 Å². The second-order valence-electron chi connectivity index (χ2n) is 5.27. The second-order valence-corrected chi connectivity index (χ2v) is 5.27. The molecule has 1 atom stereocenters. The van der Waals surface area contributed by atoms with E-state index in [9.17, 15) is 18.3 Å². The number of ether oxygens (including phenoxy) is 1. The molecule has 0 aliphatic carbocycles. The average Bonchev–Trinajstić information content (AvgIpc) is 2.54. The zero-order valence-electron chi connectivity index (χ0n) is 13.2. The van der Waals surface area contributed by atoms with Crippen LogP contribution in [0.4, 0.5) is 18.9 Å². The molecule has 8 heteroatoms. The Morgan fingerprint density at radius 1 is 1.12 bits per heavy atom. The molecule has 0 aliphatic heterocycles. The minimum absolute atomic E-state index is 0.0524. The molecule has 0 radical (unpaired) electrons. The number of halogens is 3. The predicted octanol–water partition coefficient (Wildman–Crippen LogP) is 2.92. The van der Waals surface area contributed by atoms with Gasteiger partial charge in [0.15, 0.2) is 5.96 Å². The van der Waals surface area contributed by atoms with Crippen molar-refractivity contribution in [3.63, 3.8) is 0 Å². The average molecular weight is 353 g/mol. The number of hydrogen-bond acceptors (Lipinski definition) is 3. The summed E-state index contributed by atoms with van der Waals surface area (Å²) in [5.41, 5.74) is 7.14. The molecule has 134 valence electrons. The Hall–Kier alpha value is -2.74. The molecular weight excluding hydrogens is 335 g/mol. The maximum Gasteiger partial charge on any atom is 0.573 e. The molecular formula is C17H18F3N3O2. The molecule has 0 bridgehead atoms. The Kier molecular flexibility index (Phi) is 6.24. The fraction of sp³-hybridized carbons (Fsp3) is 0.235. The maximum absolute atomic E-state index is 12.1. The van der Waals surface area contributed by atoms with E-state index in [0.29, 0.717) is 12.1 Å². The number of nitrogens with zero attached hydrogens (tertiary/aromatic N) is 1. The highest BCUT2D eigenvalue weighted by atomic mass is 19.4. The van der Waals surface area contributed by atoms with E-state index in [1.807, 2.05) is 30.3 Å². The number of nitrogens with two attached hydrogens (primary N) is 1. The Morgan fingerprint density at radius 2 is 1.76 bits per heavy atom. The summed E-state index contributed by atoms with van der Waals surface area (Å²) >= 11 is 0. The lowest BCUT2D eigenvalue weighted by atomic mass is 10.1. The molecule has 4 N–H and O–H groups in total. The summed E-state index contributed by atoms with van der Waals surface area (Å²) in [6.07, 6.45) is -4.98. The number of nitrogens with one attached hydrogen (secondary N) is 1. The minimum Gasteiger partial charge on any atom is -0.406 e. The molecule has 0 spiro atoms. The molecule has 0 saturated heterocycles. The normalized spacial score (nSPS) is 13.4. The van der Waals surface area contributed by atoms with Crippen LogP contribution in [0.25, 0.3) is 0 Å². The predicted molar refractivity (Wildman–Crippen MR) is 89.4 cm³/mol. The number of anilines is 1. The van der Waals surface area contributed by atoms with E-state index in [1.54, 1.807) is 0 Å². The molecule has 2 rings (SSSR count). The van der Waals surface area contributed by atoms with Crippen LogP contribution in [0.2, 0.25) is 0 Å². The molecule has 0 fully saturated rings. The lowest BCUT2D eigenvalue weighted by molar-refractivity contribution is -0.274. The van der Waals surface area contributed by atoms with Crippen molar-refractivity contribution in [1.82, 2.24) is 0 Å². The Morgan fingerprint density at radius 3 is 2.36 bits per heavy atom. The molecule has 0 amide bonds. The van der Waals surface area contributed by atoms with Crippen molar-refractivity contribution in [2.75, 3.05) is 11.9 Å². The number of aliphatic imine (C=N–C) groups is 1. The number of hydrogen-bond donors (Lipinski definition) is 3. The van der Waals surface area contributed by atoms with E-state index in [1.165, 1.54) is 12.1 Å². The molecule has 25 heavy (non-hydrogen) atoms. The molecule has 0 aromatic heterocycles. The number of guanidine groups is 1. The molecule has 0 saturated carbocycles. The first-order valence-electron chi connectivity index (χ1n) is 7.46. The number of aliphatic hydroxyl groups is 1. The van der Waals surface area contributed by atoms with Crippen molar-refractivity contribution in [2.45, 2.75) is 18.9 Å². The molecule has 2 aromatic carbocycles. The van der Waals surface area contributed by atoms with Crippen molar-refractivity contribution in [3.8, 4) is 5.75 Å². The van der Waals surface area contributed by atoms with Gasteiger partial charge >= 0.3 is 6.36 Å². The fourth-order valence-corrected chi connectivity index (χ4v) is 2.08. The Balaban J connectivity index is 1.84. The van der Waals surface area contributed by atoms with Gasteiger partial charge in [0, 0.05) is 12.1 Å². The third-order valence-electron chi connectivity index (χ3n) is 3.15. The van der Waals surface area contributed by atoms with Gasteiger partial charge in [-0.15, -0.1) is 13.2 Å². The Labute approximate surface area is 143 Å². The van der Waals surface area contributed by atoms with Gasteiger partial charge in [-0.25, -0.2) is 0 Å². The van der Waals surface area contributed by atoms with Crippen LogP contribution in [0.5, 0.6) is 5.75 Å². The summed E-state index contributed by atoms with van der Waals surface area (Å²) in [6.45, 7) is 0.100. The molecule has 1 unspecified atom stereocenters. The summed E-state index contributed by atoms with van der Waals surface area (Å²) < 4.78 is 40.0. The van der Waals surface area contributed by atoms with E-state index in [2.05, 4.69) is 15.0 Å². The van der Waals surface area contributed by atoms with E-state index in [0.717, 1.165) is 17.7 Å². The van der Waals surface area contributed by atoms with Gasteiger partial charge < -0.3 is 20.9 Å². The summed E-state index contributed by atoms with van der Waals surface area (Å²) in [4.78, 5) is 4.02. The zero-order chi connectivity index (χ0) is 18.3. The van der Waals surface area contributed by atoms with E-state index in [4.69, 9.17) is 5.73 Å². The topological polar surface area (TPSA) is 79.9 Å². The summed E-state index contributed by atoms with van der Waals surface area (Å²) in [6, 6.07) is 14.5. The standard InChI is InChI=1S/C17H18F3N3O2/c18-17(19,20)25-15-8-6-13(7-9-15)23-16(21)22-11-14(24)10-12-4-2-1-3-5-12/h1-9,14,24H,10-11H2,(H3,21,22,23). The number of rotatable bonds is 6. The first-order valence-corrected chi connectivity index (χ1v) is 7.46. The highest BCUT2D eigenvalue weighted by molar-refractivity contribution is 5.92. The van der Waals surface area contributed by atoms with Crippen LogP contribution < -0.4 is 15.8 Å².